The van der Waals surface area contributed by atoms with E-state index in [1.54, 1.807) is 10.7 Å². The highest BCUT2D eigenvalue weighted by Gasteiger charge is 2.21. The van der Waals surface area contributed by atoms with E-state index in [9.17, 15) is 9.90 Å². The first kappa shape index (κ1) is 21.6. The summed E-state index contributed by atoms with van der Waals surface area (Å²) in [6, 6.07) is 17.8. The van der Waals surface area contributed by atoms with Crippen LogP contribution in [0.25, 0.3) is 27.8 Å². The largest absolute Gasteiger partial charge is 0.487 e. The van der Waals surface area contributed by atoms with E-state index < -0.39 is 5.97 Å². The third-order valence-corrected chi connectivity index (χ3v) is 6.41. The molecule has 178 valence electrons. The van der Waals surface area contributed by atoms with Gasteiger partial charge in [0.15, 0.2) is 11.3 Å². The highest BCUT2D eigenvalue weighted by Crippen LogP contribution is 2.34. The molecule has 2 aromatic carbocycles. The van der Waals surface area contributed by atoms with Crippen LogP contribution < -0.4 is 15.0 Å². The summed E-state index contributed by atoms with van der Waals surface area (Å²) in [6.07, 6.45) is 1.96. The van der Waals surface area contributed by atoms with Crippen LogP contribution in [-0.2, 0) is 4.74 Å². The molecule has 0 aliphatic carbocycles. The zero-order valence-electron chi connectivity index (χ0n) is 19.1. The second kappa shape index (κ2) is 9.01. The summed E-state index contributed by atoms with van der Waals surface area (Å²) in [5.41, 5.74) is 4.46. The van der Waals surface area contributed by atoms with Crippen molar-refractivity contribution in [2.45, 2.75) is 6.10 Å². The summed E-state index contributed by atoms with van der Waals surface area (Å²) < 4.78 is 13.5. The Bertz CT molecular complexity index is 1370. The molecule has 4 aromatic rings. The molecule has 9 nitrogen and oxygen atoms in total. The summed E-state index contributed by atoms with van der Waals surface area (Å²) >= 11 is 0. The summed E-state index contributed by atoms with van der Waals surface area (Å²) in [5.74, 6) is -0.290. The van der Waals surface area contributed by atoms with Crippen LogP contribution >= 0.6 is 0 Å². The Morgan fingerprint density at radius 2 is 1.80 bits per heavy atom. The topological polar surface area (TPSA) is 102 Å². The molecule has 0 bridgehead atoms. The molecule has 0 radical (unpaired) electrons. The monoisotopic (exact) mass is 471 g/mol. The Morgan fingerprint density at radius 1 is 1.03 bits per heavy atom. The van der Waals surface area contributed by atoms with Gasteiger partial charge < -0.3 is 24.8 Å². The van der Waals surface area contributed by atoms with Gasteiger partial charge >= 0.3 is 5.97 Å². The molecular formula is C26H25N5O4. The molecule has 2 aliphatic rings. The quantitative estimate of drug-likeness (QED) is 0.443. The van der Waals surface area contributed by atoms with Crippen LogP contribution in [0.5, 0.6) is 5.75 Å². The van der Waals surface area contributed by atoms with Crippen molar-refractivity contribution in [3.63, 3.8) is 0 Å². The van der Waals surface area contributed by atoms with E-state index in [2.05, 4.69) is 44.6 Å². The van der Waals surface area contributed by atoms with Crippen molar-refractivity contribution >= 4 is 22.7 Å². The molecule has 4 heterocycles. The van der Waals surface area contributed by atoms with Crippen LogP contribution in [0, 0.1) is 0 Å². The predicted molar refractivity (Wildman–Crippen MR) is 132 cm³/mol. The fraction of sp³-hybridized carbons (Fsp3) is 0.269. The third kappa shape index (κ3) is 4.31. The number of morpholine rings is 1. The Hall–Kier alpha value is -3.95. The zero-order chi connectivity index (χ0) is 23.8. The molecule has 2 saturated heterocycles. The van der Waals surface area contributed by atoms with E-state index in [0.717, 1.165) is 67.3 Å². The van der Waals surface area contributed by atoms with Gasteiger partial charge in [0, 0.05) is 55.1 Å². The highest BCUT2D eigenvalue weighted by atomic mass is 16.5. The van der Waals surface area contributed by atoms with Gasteiger partial charge in [-0.2, -0.15) is 0 Å². The van der Waals surface area contributed by atoms with Gasteiger partial charge in [-0.25, -0.2) is 14.5 Å². The summed E-state index contributed by atoms with van der Waals surface area (Å²) in [7, 11) is 0. The highest BCUT2D eigenvalue weighted by molar-refractivity contribution is 5.88. The molecule has 2 N–H and O–H groups in total. The Balaban J connectivity index is 1.34. The van der Waals surface area contributed by atoms with Crippen LogP contribution in [-0.4, -0.2) is 71.3 Å². The lowest BCUT2D eigenvalue weighted by Crippen LogP contribution is -2.50. The van der Waals surface area contributed by atoms with E-state index in [4.69, 9.17) is 9.47 Å². The first-order chi connectivity index (χ1) is 17.1. The van der Waals surface area contributed by atoms with Gasteiger partial charge in [-0.05, 0) is 42.0 Å². The van der Waals surface area contributed by atoms with Crippen molar-refractivity contribution < 1.29 is 19.4 Å². The first-order valence-corrected chi connectivity index (χ1v) is 11.7. The number of rotatable bonds is 6. The van der Waals surface area contributed by atoms with Gasteiger partial charge in [0.2, 0.25) is 0 Å². The van der Waals surface area contributed by atoms with Crippen molar-refractivity contribution in [1.82, 2.24) is 20.1 Å². The van der Waals surface area contributed by atoms with E-state index in [1.807, 2.05) is 24.4 Å². The average molecular weight is 472 g/mol. The van der Waals surface area contributed by atoms with Crippen LogP contribution in [0.3, 0.4) is 0 Å². The Morgan fingerprint density at radius 3 is 2.51 bits per heavy atom. The lowest BCUT2D eigenvalue weighted by atomic mass is 10.0. The number of aromatic nitrogens is 3. The van der Waals surface area contributed by atoms with Crippen molar-refractivity contribution in [2.24, 2.45) is 0 Å². The van der Waals surface area contributed by atoms with Gasteiger partial charge in [0.25, 0.3) is 0 Å². The average Bonchev–Trinajstić information content (AvgIpc) is 3.30. The van der Waals surface area contributed by atoms with Gasteiger partial charge in [0.1, 0.15) is 11.9 Å². The molecule has 0 spiro atoms. The summed E-state index contributed by atoms with van der Waals surface area (Å²) in [4.78, 5) is 17.7. The van der Waals surface area contributed by atoms with Gasteiger partial charge in [-0.15, -0.1) is 5.10 Å². The number of nitrogens with zero attached hydrogens (tertiary/aromatic N) is 4. The predicted octanol–water partition coefficient (Wildman–Crippen LogP) is 2.97. The molecule has 35 heavy (non-hydrogen) atoms. The van der Waals surface area contributed by atoms with E-state index >= 15 is 0 Å². The number of ether oxygens (including phenoxy) is 2. The normalized spacial score (nSPS) is 16.3. The maximum Gasteiger partial charge on any atom is 0.354 e. The minimum absolute atomic E-state index is 0.0277. The number of fused-ring (bicyclic) bond motifs is 1. The summed E-state index contributed by atoms with van der Waals surface area (Å²) in [6.45, 7) is 4.94. The number of nitrogens with one attached hydrogen (secondary N) is 1. The molecule has 0 saturated carbocycles. The van der Waals surface area contributed by atoms with Crippen molar-refractivity contribution in [1.29, 1.82) is 0 Å². The fourth-order valence-corrected chi connectivity index (χ4v) is 4.34. The Labute approximate surface area is 201 Å². The molecule has 6 rings (SSSR count). The molecule has 2 fully saturated rings. The lowest BCUT2D eigenvalue weighted by Gasteiger charge is -2.30. The van der Waals surface area contributed by atoms with Crippen LogP contribution in [0.2, 0.25) is 0 Å². The molecule has 2 aromatic heterocycles. The summed E-state index contributed by atoms with van der Waals surface area (Å²) in [5, 5.41) is 17.7. The van der Waals surface area contributed by atoms with Crippen molar-refractivity contribution in [3.05, 3.63) is 66.5 Å². The van der Waals surface area contributed by atoms with Crippen LogP contribution in [0.1, 0.15) is 10.5 Å². The molecule has 2 aliphatic heterocycles. The number of hydrogen-bond acceptors (Lipinski definition) is 7. The first-order valence-electron chi connectivity index (χ1n) is 11.7. The van der Waals surface area contributed by atoms with Gasteiger partial charge in [-0.1, -0.05) is 12.1 Å². The second-order valence-electron chi connectivity index (χ2n) is 8.71. The van der Waals surface area contributed by atoms with E-state index in [-0.39, 0.29) is 11.8 Å². The number of aromatic carboxylic acids is 1. The minimum Gasteiger partial charge on any atom is -0.487 e. The van der Waals surface area contributed by atoms with Crippen molar-refractivity contribution in [2.75, 3.05) is 44.3 Å². The van der Waals surface area contributed by atoms with E-state index in [0.29, 0.717) is 5.65 Å². The maximum atomic E-state index is 11.3. The van der Waals surface area contributed by atoms with Crippen molar-refractivity contribution in [3.8, 4) is 22.6 Å². The lowest BCUT2D eigenvalue weighted by molar-refractivity contribution is 0.0691. The second-order valence-corrected chi connectivity index (χ2v) is 8.71. The molecule has 0 atom stereocenters. The molecular weight excluding hydrogens is 446 g/mol. The molecule has 0 unspecified atom stereocenters. The number of benzene rings is 2. The number of carboxylic acids is 1. The number of carbonyl (C=O) groups is 1. The SMILES string of the molecule is O=C(O)c1ccc2cn(-c3ccc(-c4ccc(N5CCOCC5)cc4)c(OC4CNC4)c3)nc2n1. The number of anilines is 1. The fourth-order valence-electron chi connectivity index (χ4n) is 4.34. The third-order valence-electron chi connectivity index (χ3n) is 6.41. The number of pyridine rings is 1. The smallest absolute Gasteiger partial charge is 0.354 e. The standard InChI is InChI=1S/C26H25N5O4/c32-26(33)23-8-3-18-16-31(29-25(18)28-23)20-6-7-22(24(13-20)35-21-14-27-15-21)17-1-4-19(5-2-17)30-9-11-34-12-10-30/h1-8,13,16,21,27H,9-12,14-15H2,(H,32,33). The van der Waals surface area contributed by atoms with Crippen LogP contribution in [0.4, 0.5) is 5.69 Å². The molecule has 0 amide bonds. The van der Waals surface area contributed by atoms with E-state index in [1.165, 1.54) is 11.8 Å². The van der Waals surface area contributed by atoms with Crippen LogP contribution in [0.15, 0.2) is 60.8 Å². The van der Waals surface area contributed by atoms with Gasteiger partial charge in [-0.3, -0.25) is 0 Å². The number of carboxylic acid groups (broad SMARTS) is 1. The Kier molecular flexibility index (Phi) is 5.55. The minimum atomic E-state index is -1.07. The zero-order valence-corrected chi connectivity index (χ0v) is 19.1. The number of hydrogen-bond donors (Lipinski definition) is 2. The van der Waals surface area contributed by atoms with Gasteiger partial charge in [0.05, 0.1) is 18.9 Å². The maximum absolute atomic E-state index is 11.3. The molecule has 9 heteroatoms.